The third-order valence-corrected chi connectivity index (χ3v) is 12.3. The van der Waals surface area contributed by atoms with Crippen molar-refractivity contribution in [2.24, 2.45) is 0 Å². The monoisotopic (exact) mass is 745 g/mol. The van der Waals surface area contributed by atoms with E-state index >= 15 is 0 Å². The highest BCUT2D eigenvalue weighted by atomic mass is 32.1. The molecule has 0 atom stereocenters. The summed E-state index contributed by atoms with van der Waals surface area (Å²) in [6.45, 7) is 0. The number of nitrogens with zero attached hydrogens (tertiary/aromatic N) is 1. The molecule has 0 aliphatic rings. The van der Waals surface area contributed by atoms with Crippen molar-refractivity contribution in [2.75, 3.05) is 4.90 Å². The molecule has 0 aliphatic heterocycles. The van der Waals surface area contributed by atoms with E-state index in [4.69, 9.17) is 4.42 Å². The fourth-order valence-corrected chi connectivity index (χ4v) is 9.50. The molecule has 0 aliphatic carbocycles. The van der Waals surface area contributed by atoms with Crippen LogP contribution in [0.1, 0.15) is 0 Å². The summed E-state index contributed by atoms with van der Waals surface area (Å²) in [5.74, 6) is 0. The predicted molar refractivity (Wildman–Crippen MR) is 243 cm³/mol. The number of para-hydroxylation sites is 1. The zero-order valence-corrected chi connectivity index (χ0v) is 31.8. The number of fused-ring (bicyclic) bond motifs is 7. The number of rotatable bonds is 7. The lowest BCUT2D eigenvalue weighted by Crippen LogP contribution is -2.09. The molecule has 0 amide bonds. The van der Waals surface area contributed by atoms with Crippen molar-refractivity contribution in [2.45, 2.75) is 0 Å². The van der Waals surface area contributed by atoms with E-state index in [9.17, 15) is 0 Å². The van der Waals surface area contributed by atoms with Gasteiger partial charge in [-0.15, -0.1) is 11.3 Å². The van der Waals surface area contributed by atoms with Gasteiger partial charge in [0.15, 0.2) is 0 Å². The standard InChI is InChI=1S/C54H35NOS/c1-3-12-36(13-4-1)38-22-28-43(29-23-38)55(44-30-24-39(25-31-44)42-17-11-16-41(34-42)37-14-5-2-6-15-37)45-32-26-40(27-33-45)48-35-49-46-18-8-10-21-51(46)57-54(49)52-47-19-7-9-20-50(47)56-53(48)52/h1-35H. The third-order valence-electron chi connectivity index (χ3n) is 11.1. The molecule has 0 fully saturated rings. The Labute approximate surface area is 335 Å². The quantitative estimate of drug-likeness (QED) is 0.162. The van der Waals surface area contributed by atoms with Crippen LogP contribution in [0.3, 0.4) is 0 Å². The lowest BCUT2D eigenvalue weighted by atomic mass is 9.98. The molecule has 2 nitrogen and oxygen atoms in total. The lowest BCUT2D eigenvalue weighted by molar-refractivity contribution is 0.670. The molecular weight excluding hydrogens is 711 g/mol. The van der Waals surface area contributed by atoms with Crippen LogP contribution in [0.5, 0.6) is 0 Å². The van der Waals surface area contributed by atoms with Crippen LogP contribution in [0.25, 0.3) is 86.6 Å². The van der Waals surface area contributed by atoms with Crippen LogP contribution in [-0.4, -0.2) is 0 Å². The molecule has 0 bridgehead atoms. The summed E-state index contributed by atoms with van der Waals surface area (Å²) in [6, 6.07) is 76.2. The minimum absolute atomic E-state index is 0.913. The topological polar surface area (TPSA) is 16.4 Å². The maximum absolute atomic E-state index is 6.68. The second-order valence-electron chi connectivity index (χ2n) is 14.5. The predicted octanol–water partition coefficient (Wildman–Crippen LogP) is 16.1. The zero-order valence-electron chi connectivity index (χ0n) is 31.0. The summed E-state index contributed by atoms with van der Waals surface area (Å²) in [7, 11) is 0. The highest BCUT2D eigenvalue weighted by molar-refractivity contribution is 7.26. The number of anilines is 3. The minimum atomic E-state index is 0.913. The van der Waals surface area contributed by atoms with Gasteiger partial charge in [0.25, 0.3) is 0 Å². The van der Waals surface area contributed by atoms with E-state index in [1.165, 1.54) is 58.9 Å². The number of hydrogen-bond donors (Lipinski definition) is 0. The van der Waals surface area contributed by atoms with Gasteiger partial charge in [-0.2, -0.15) is 0 Å². The van der Waals surface area contributed by atoms with Crippen molar-refractivity contribution in [3.05, 3.63) is 212 Å². The first-order valence-electron chi connectivity index (χ1n) is 19.3. The second kappa shape index (κ2) is 13.8. The van der Waals surface area contributed by atoms with E-state index in [0.29, 0.717) is 0 Å². The first-order valence-corrected chi connectivity index (χ1v) is 20.1. The van der Waals surface area contributed by atoms with E-state index in [2.05, 4.69) is 217 Å². The van der Waals surface area contributed by atoms with Crippen molar-refractivity contribution in [3.8, 4) is 44.5 Å². The number of hydrogen-bond acceptors (Lipinski definition) is 3. The number of thiophene rings is 1. The Morgan fingerprint density at radius 1 is 0.351 bits per heavy atom. The van der Waals surface area contributed by atoms with Crippen molar-refractivity contribution in [1.29, 1.82) is 0 Å². The van der Waals surface area contributed by atoms with Crippen LogP contribution in [0.15, 0.2) is 217 Å². The molecule has 268 valence electrons. The van der Waals surface area contributed by atoms with Gasteiger partial charge >= 0.3 is 0 Å². The minimum Gasteiger partial charge on any atom is -0.455 e. The largest absolute Gasteiger partial charge is 0.455 e. The molecule has 3 heteroatoms. The number of benzene rings is 9. The van der Waals surface area contributed by atoms with Crippen LogP contribution in [0.4, 0.5) is 17.1 Å². The van der Waals surface area contributed by atoms with Crippen molar-refractivity contribution < 1.29 is 4.42 Å². The Morgan fingerprint density at radius 3 is 1.46 bits per heavy atom. The Morgan fingerprint density at radius 2 is 0.825 bits per heavy atom. The van der Waals surface area contributed by atoms with Gasteiger partial charge in [-0.05, 0) is 99.6 Å². The molecule has 2 heterocycles. The summed E-state index contributed by atoms with van der Waals surface area (Å²) in [5.41, 5.74) is 14.5. The van der Waals surface area contributed by atoms with Gasteiger partial charge in [0.2, 0.25) is 0 Å². The molecule has 0 saturated heterocycles. The molecule has 9 aromatic carbocycles. The Balaban J connectivity index is 1.02. The van der Waals surface area contributed by atoms with Crippen molar-refractivity contribution in [3.63, 3.8) is 0 Å². The Bertz CT molecular complexity index is 3200. The molecule has 0 N–H and O–H groups in total. The summed E-state index contributed by atoms with van der Waals surface area (Å²) >= 11 is 1.85. The fraction of sp³-hybridized carbons (Fsp3) is 0. The molecule has 57 heavy (non-hydrogen) atoms. The molecule has 0 spiro atoms. The summed E-state index contributed by atoms with van der Waals surface area (Å²) in [4.78, 5) is 2.34. The molecular formula is C54H35NOS. The summed E-state index contributed by atoms with van der Waals surface area (Å²) in [6.07, 6.45) is 0. The van der Waals surface area contributed by atoms with Crippen LogP contribution in [-0.2, 0) is 0 Å². The highest BCUT2D eigenvalue weighted by Crippen LogP contribution is 2.47. The first-order chi connectivity index (χ1) is 28.2. The van der Waals surface area contributed by atoms with Crippen LogP contribution >= 0.6 is 11.3 Å². The van der Waals surface area contributed by atoms with Crippen LogP contribution < -0.4 is 4.90 Å². The van der Waals surface area contributed by atoms with Gasteiger partial charge in [-0.3, -0.25) is 0 Å². The summed E-state index contributed by atoms with van der Waals surface area (Å²) < 4.78 is 9.24. The molecule has 0 radical (unpaired) electrons. The van der Waals surface area contributed by atoms with Crippen LogP contribution in [0.2, 0.25) is 0 Å². The van der Waals surface area contributed by atoms with Gasteiger partial charge in [0, 0.05) is 53.6 Å². The normalized spacial score (nSPS) is 11.5. The van der Waals surface area contributed by atoms with Gasteiger partial charge in [0.1, 0.15) is 11.2 Å². The molecule has 0 saturated carbocycles. The van der Waals surface area contributed by atoms with Crippen LogP contribution in [0, 0.1) is 0 Å². The summed E-state index contributed by atoms with van der Waals surface area (Å²) in [5, 5.41) is 4.90. The first kappa shape index (κ1) is 33.2. The average Bonchev–Trinajstić information content (AvgIpc) is 3.86. The second-order valence-corrected chi connectivity index (χ2v) is 15.5. The fourth-order valence-electron chi connectivity index (χ4n) is 8.26. The third kappa shape index (κ3) is 5.88. The SMILES string of the molecule is c1ccc(-c2ccc(N(c3ccc(-c4cccc(-c5ccccc5)c4)cc3)c3ccc(-c4cc5c6ccccc6sc5c5c4oc4ccccc45)cc3)cc2)cc1. The van der Waals surface area contributed by atoms with E-state index in [0.717, 1.165) is 44.7 Å². The van der Waals surface area contributed by atoms with Crippen molar-refractivity contribution >= 4 is 70.5 Å². The Hall–Kier alpha value is -7.20. The molecule has 11 rings (SSSR count). The van der Waals surface area contributed by atoms with Gasteiger partial charge < -0.3 is 9.32 Å². The van der Waals surface area contributed by atoms with Crippen molar-refractivity contribution in [1.82, 2.24) is 0 Å². The Kier molecular flexibility index (Phi) is 8.04. The van der Waals surface area contributed by atoms with E-state index in [1.54, 1.807) is 0 Å². The maximum Gasteiger partial charge on any atom is 0.144 e. The molecule has 2 aromatic heterocycles. The average molecular weight is 746 g/mol. The van der Waals surface area contributed by atoms with Gasteiger partial charge in [-0.25, -0.2) is 0 Å². The zero-order chi connectivity index (χ0) is 37.7. The van der Waals surface area contributed by atoms with E-state index < -0.39 is 0 Å². The smallest absolute Gasteiger partial charge is 0.144 e. The molecule has 11 aromatic rings. The van der Waals surface area contributed by atoms with Gasteiger partial charge in [-0.1, -0.05) is 152 Å². The maximum atomic E-state index is 6.68. The van der Waals surface area contributed by atoms with E-state index in [-0.39, 0.29) is 0 Å². The van der Waals surface area contributed by atoms with E-state index in [1.807, 2.05) is 11.3 Å². The number of furan rings is 1. The van der Waals surface area contributed by atoms with Gasteiger partial charge in [0.05, 0.1) is 0 Å². The molecule has 0 unspecified atom stereocenters. The lowest BCUT2D eigenvalue weighted by Gasteiger charge is -2.26. The highest BCUT2D eigenvalue weighted by Gasteiger charge is 2.20.